The minimum absolute atomic E-state index is 0.0956. The van der Waals surface area contributed by atoms with E-state index in [0.29, 0.717) is 6.42 Å². The molecule has 0 saturated heterocycles. The van der Waals surface area contributed by atoms with Crippen LogP contribution in [0, 0.1) is 15.9 Å². The van der Waals surface area contributed by atoms with E-state index in [4.69, 9.17) is 5.11 Å². The fourth-order valence-corrected chi connectivity index (χ4v) is 2.35. The number of hydrogen-bond donors (Lipinski definition) is 1. The second-order valence-electron chi connectivity index (χ2n) is 3.55. The average Bonchev–Trinajstić information content (AvgIpc) is 2.31. The lowest BCUT2D eigenvalue weighted by Gasteiger charge is -2.09. The zero-order valence-corrected chi connectivity index (χ0v) is 10.4. The molecule has 18 heavy (non-hydrogen) atoms. The molecule has 1 aromatic carbocycles. The Kier molecular flexibility index (Phi) is 5.08. The summed E-state index contributed by atoms with van der Waals surface area (Å²) < 4.78 is 13.7. The lowest BCUT2D eigenvalue weighted by Crippen LogP contribution is -2.15. The van der Waals surface area contributed by atoms with Gasteiger partial charge in [0.15, 0.2) is 0 Å². The van der Waals surface area contributed by atoms with Gasteiger partial charge in [0.2, 0.25) is 5.82 Å². The van der Waals surface area contributed by atoms with Crippen molar-refractivity contribution < 1.29 is 19.2 Å². The minimum Gasteiger partial charge on any atom is -0.480 e. The predicted molar refractivity (Wildman–Crippen MR) is 66.1 cm³/mol. The quantitative estimate of drug-likeness (QED) is 0.636. The first-order valence-corrected chi connectivity index (χ1v) is 6.28. The van der Waals surface area contributed by atoms with E-state index in [9.17, 15) is 19.3 Å². The number of carbonyl (C=O) groups is 1. The van der Waals surface area contributed by atoms with Crippen molar-refractivity contribution in [2.24, 2.45) is 0 Å². The third-order valence-corrected chi connectivity index (χ3v) is 3.76. The molecule has 0 aromatic heterocycles. The number of nitro benzene ring substituents is 1. The van der Waals surface area contributed by atoms with Gasteiger partial charge in [0.1, 0.15) is 5.25 Å². The van der Waals surface area contributed by atoms with Crippen LogP contribution in [0.15, 0.2) is 18.2 Å². The molecule has 0 spiro atoms. The van der Waals surface area contributed by atoms with Gasteiger partial charge in [-0.3, -0.25) is 14.9 Å². The second-order valence-corrected chi connectivity index (χ2v) is 4.74. The first kappa shape index (κ1) is 14.4. The molecule has 0 aliphatic heterocycles. The lowest BCUT2D eigenvalue weighted by molar-refractivity contribution is -0.387. The third-order valence-electron chi connectivity index (χ3n) is 2.34. The molecule has 0 heterocycles. The number of hydrogen-bond acceptors (Lipinski definition) is 4. The van der Waals surface area contributed by atoms with E-state index in [1.807, 2.05) is 0 Å². The maximum atomic E-state index is 13.7. The molecule has 0 aliphatic carbocycles. The van der Waals surface area contributed by atoms with Crippen molar-refractivity contribution in [3.63, 3.8) is 0 Å². The highest BCUT2D eigenvalue weighted by Gasteiger charge is 2.20. The van der Waals surface area contributed by atoms with Crippen LogP contribution in [0.5, 0.6) is 0 Å². The Morgan fingerprint density at radius 2 is 2.28 bits per heavy atom. The first-order chi connectivity index (χ1) is 8.47. The van der Waals surface area contributed by atoms with Crippen molar-refractivity contribution in [2.75, 3.05) is 0 Å². The van der Waals surface area contributed by atoms with Gasteiger partial charge in [0.25, 0.3) is 0 Å². The molecule has 0 saturated carbocycles. The van der Waals surface area contributed by atoms with Gasteiger partial charge in [0.05, 0.1) is 4.92 Å². The van der Waals surface area contributed by atoms with E-state index < -0.39 is 27.6 Å². The molecular formula is C11H12FNO4S. The number of rotatable bonds is 6. The SMILES string of the molecule is CCC(SCc1cccc([N+](=O)[O-])c1F)C(=O)O. The van der Waals surface area contributed by atoms with Crippen molar-refractivity contribution in [3.05, 3.63) is 39.7 Å². The monoisotopic (exact) mass is 273 g/mol. The number of nitro groups is 1. The summed E-state index contributed by atoms with van der Waals surface area (Å²) in [5.41, 5.74) is -0.439. The smallest absolute Gasteiger partial charge is 0.316 e. The summed E-state index contributed by atoms with van der Waals surface area (Å²) in [7, 11) is 0. The molecule has 1 aromatic rings. The van der Waals surface area contributed by atoms with Crippen molar-refractivity contribution in [3.8, 4) is 0 Å². The van der Waals surface area contributed by atoms with Crippen LogP contribution in [0.1, 0.15) is 18.9 Å². The van der Waals surface area contributed by atoms with E-state index >= 15 is 0 Å². The summed E-state index contributed by atoms with van der Waals surface area (Å²) in [5.74, 6) is -1.76. The molecule has 1 atom stereocenters. The largest absolute Gasteiger partial charge is 0.480 e. The summed E-state index contributed by atoms with van der Waals surface area (Å²) in [6.45, 7) is 1.72. The van der Waals surface area contributed by atoms with Crippen LogP contribution < -0.4 is 0 Å². The number of carboxylic acids is 1. The fourth-order valence-electron chi connectivity index (χ4n) is 1.37. The van der Waals surface area contributed by atoms with Gasteiger partial charge in [-0.1, -0.05) is 19.1 Å². The Labute approximate surface area is 107 Å². The molecule has 5 nitrogen and oxygen atoms in total. The predicted octanol–water partition coefficient (Wildman–Crippen LogP) is 2.83. The third kappa shape index (κ3) is 3.43. The Morgan fingerprint density at radius 1 is 1.61 bits per heavy atom. The van der Waals surface area contributed by atoms with E-state index in [1.165, 1.54) is 12.1 Å². The summed E-state index contributed by atoms with van der Waals surface area (Å²) in [6.07, 6.45) is 0.413. The van der Waals surface area contributed by atoms with Gasteiger partial charge in [-0.25, -0.2) is 0 Å². The lowest BCUT2D eigenvalue weighted by atomic mass is 10.2. The van der Waals surface area contributed by atoms with Crippen molar-refractivity contribution in [1.82, 2.24) is 0 Å². The van der Waals surface area contributed by atoms with Crippen molar-refractivity contribution >= 4 is 23.4 Å². The highest BCUT2D eigenvalue weighted by molar-refractivity contribution is 7.99. The number of halogens is 1. The molecular weight excluding hydrogens is 261 g/mol. The normalized spacial score (nSPS) is 12.1. The number of thioether (sulfide) groups is 1. The Morgan fingerprint density at radius 3 is 2.78 bits per heavy atom. The van der Waals surface area contributed by atoms with Crippen LogP contribution >= 0.6 is 11.8 Å². The van der Waals surface area contributed by atoms with E-state index in [-0.39, 0.29) is 11.3 Å². The number of carboxylic acid groups (broad SMARTS) is 1. The summed E-state index contributed by atoms with van der Waals surface area (Å²) >= 11 is 1.06. The highest BCUT2D eigenvalue weighted by Crippen LogP contribution is 2.26. The standard InChI is InChI=1S/C11H12FNO4S/c1-2-9(11(14)15)18-6-7-4-3-5-8(10(7)12)13(16)17/h3-5,9H,2,6H2,1H3,(H,14,15). The average molecular weight is 273 g/mol. The van der Waals surface area contributed by atoms with Gasteiger partial charge >= 0.3 is 11.7 Å². The maximum absolute atomic E-state index is 13.7. The molecule has 1 unspecified atom stereocenters. The van der Waals surface area contributed by atoms with Crippen LogP contribution in [-0.4, -0.2) is 21.2 Å². The summed E-state index contributed by atoms with van der Waals surface area (Å²) in [4.78, 5) is 20.5. The molecule has 0 fully saturated rings. The van der Waals surface area contributed by atoms with E-state index in [2.05, 4.69) is 0 Å². The zero-order chi connectivity index (χ0) is 13.7. The van der Waals surface area contributed by atoms with Crippen molar-refractivity contribution in [1.29, 1.82) is 0 Å². The van der Waals surface area contributed by atoms with Gasteiger partial charge in [-0.15, -0.1) is 11.8 Å². The zero-order valence-electron chi connectivity index (χ0n) is 9.63. The van der Waals surface area contributed by atoms with Gasteiger partial charge in [-0.05, 0) is 6.42 Å². The van der Waals surface area contributed by atoms with Crippen LogP contribution in [0.4, 0.5) is 10.1 Å². The van der Waals surface area contributed by atoms with Gasteiger partial charge in [-0.2, -0.15) is 4.39 Å². The Bertz CT molecular complexity index is 466. The molecule has 1 N–H and O–H groups in total. The summed E-state index contributed by atoms with van der Waals surface area (Å²) in [6, 6.07) is 3.89. The van der Waals surface area contributed by atoms with Crippen molar-refractivity contribution in [2.45, 2.75) is 24.3 Å². The van der Waals surface area contributed by atoms with Crippen LogP contribution in [-0.2, 0) is 10.5 Å². The molecule has 1 rings (SSSR count). The van der Waals surface area contributed by atoms with Gasteiger partial charge < -0.3 is 5.11 Å². The second kappa shape index (κ2) is 6.34. The number of aliphatic carboxylic acids is 1. The maximum Gasteiger partial charge on any atom is 0.316 e. The highest BCUT2D eigenvalue weighted by atomic mass is 32.2. The molecule has 0 bridgehead atoms. The topological polar surface area (TPSA) is 80.4 Å². The van der Waals surface area contributed by atoms with E-state index in [0.717, 1.165) is 17.8 Å². The van der Waals surface area contributed by atoms with Crippen LogP contribution in [0.2, 0.25) is 0 Å². The molecule has 0 amide bonds. The number of benzene rings is 1. The summed E-state index contributed by atoms with van der Waals surface area (Å²) in [5, 5.41) is 18.7. The Hall–Kier alpha value is -1.63. The molecule has 0 aliphatic rings. The fraction of sp³-hybridized carbons (Fsp3) is 0.364. The number of nitrogens with zero attached hydrogens (tertiary/aromatic N) is 1. The molecule has 7 heteroatoms. The first-order valence-electron chi connectivity index (χ1n) is 5.23. The van der Waals surface area contributed by atoms with Gasteiger partial charge in [0, 0.05) is 17.4 Å². The molecule has 0 radical (unpaired) electrons. The Balaban J connectivity index is 2.82. The molecule has 98 valence electrons. The van der Waals surface area contributed by atoms with E-state index in [1.54, 1.807) is 6.92 Å². The van der Waals surface area contributed by atoms with Crippen LogP contribution in [0.25, 0.3) is 0 Å². The minimum atomic E-state index is -0.965. The van der Waals surface area contributed by atoms with Crippen LogP contribution in [0.3, 0.4) is 0 Å².